The maximum Gasteiger partial charge on any atom is 0.271 e. The number of para-hydroxylation sites is 1. The Bertz CT molecular complexity index is 2010. The van der Waals surface area contributed by atoms with Gasteiger partial charge in [-0.05, 0) is 49.9 Å². The highest BCUT2D eigenvalue weighted by molar-refractivity contribution is 7.09. The van der Waals surface area contributed by atoms with Gasteiger partial charge in [0.1, 0.15) is 22.8 Å². The second-order valence-corrected chi connectivity index (χ2v) is 15.0. The van der Waals surface area contributed by atoms with Gasteiger partial charge in [0.15, 0.2) is 0 Å². The summed E-state index contributed by atoms with van der Waals surface area (Å²) in [5, 5.41) is 11.4. The maximum absolute atomic E-state index is 13.9. The van der Waals surface area contributed by atoms with Crippen LogP contribution in [0.3, 0.4) is 0 Å². The van der Waals surface area contributed by atoms with Gasteiger partial charge < -0.3 is 35.6 Å². The molecule has 0 saturated heterocycles. The summed E-state index contributed by atoms with van der Waals surface area (Å²) in [6.07, 6.45) is 3.85. The number of rotatable bonds is 5. The third-order valence-corrected chi connectivity index (χ3v) is 10.1. The number of benzene rings is 1. The standard InChI is InChI=1S/C38H47N9O6S/c1-22(2)15-29-35-44-31(21-54-35)34(50)43-30(16-26-18-40-28-10-8-7-9-27(26)28)38(53)46(6)19-32(48)41-24(4)36(51)45(5)13-14-47(20-33(49)42-29)37(52)25-12-11-23(3)39-17-25/h7-12,17-18,21-22,24,29-30,40H,13-16,19-20H2,1-6H3,(H,41,48)(H,42,49)(H,43,50)/t24-,29-,30+/m0/s1. The van der Waals surface area contributed by atoms with Crippen molar-refractivity contribution in [2.24, 2.45) is 5.92 Å². The number of aromatic nitrogens is 3. The molecule has 286 valence electrons. The number of pyridine rings is 1. The summed E-state index contributed by atoms with van der Waals surface area (Å²) in [5.41, 5.74) is 2.73. The highest BCUT2D eigenvalue weighted by Crippen LogP contribution is 2.25. The number of fused-ring (bicyclic) bond motifs is 3. The second-order valence-electron chi connectivity index (χ2n) is 14.1. The number of nitrogens with one attached hydrogen (secondary N) is 4. The van der Waals surface area contributed by atoms with Crippen LogP contribution >= 0.6 is 11.3 Å². The molecule has 4 N–H and O–H groups in total. The van der Waals surface area contributed by atoms with E-state index in [1.165, 1.54) is 46.2 Å². The van der Waals surface area contributed by atoms with Gasteiger partial charge in [-0.2, -0.15) is 0 Å². The Kier molecular flexibility index (Phi) is 12.8. The van der Waals surface area contributed by atoms with Crippen molar-refractivity contribution in [2.45, 2.75) is 58.7 Å². The van der Waals surface area contributed by atoms with Gasteiger partial charge in [0.2, 0.25) is 23.6 Å². The summed E-state index contributed by atoms with van der Waals surface area (Å²) < 4.78 is 0. The van der Waals surface area contributed by atoms with Gasteiger partial charge in [-0.15, -0.1) is 11.3 Å². The molecule has 1 aliphatic rings. The Balaban J connectivity index is 1.47. The lowest BCUT2D eigenvalue weighted by Gasteiger charge is -2.28. The summed E-state index contributed by atoms with van der Waals surface area (Å²) in [7, 11) is 3.00. The lowest BCUT2D eigenvalue weighted by Crippen LogP contribution is -2.53. The number of hydrogen-bond acceptors (Lipinski definition) is 9. The first kappa shape index (κ1) is 39.6. The molecule has 6 amide bonds. The molecule has 0 unspecified atom stereocenters. The average molecular weight is 758 g/mol. The Morgan fingerprint density at radius 1 is 0.907 bits per heavy atom. The van der Waals surface area contributed by atoms with E-state index in [0.29, 0.717) is 11.4 Å². The number of amides is 6. The highest BCUT2D eigenvalue weighted by atomic mass is 32.1. The van der Waals surface area contributed by atoms with E-state index in [-0.39, 0.29) is 49.8 Å². The van der Waals surface area contributed by atoms with Gasteiger partial charge in [-0.25, -0.2) is 4.98 Å². The molecule has 0 aliphatic carbocycles. The predicted octanol–water partition coefficient (Wildman–Crippen LogP) is 2.45. The molecular weight excluding hydrogens is 711 g/mol. The summed E-state index contributed by atoms with van der Waals surface area (Å²) in [6, 6.07) is 8.31. The molecule has 3 atom stereocenters. The van der Waals surface area contributed by atoms with E-state index in [4.69, 9.17) is 0 Å². The molecule has 15 nitrogen and oxygen atoms in total. The van der Waals surface area contributed by atoms with E-state index in [0.717, 1.165) is 22.2 Å². The number of hydrogen-bond donors (Lipinski definition) is 4. The molecule has 0 fully saturated rings. The van der Waals surface area contributed by atoms with Crippen LogP contribution in [0.4, 0.5) is 0 Å². The Labute approximate surface area is 317 Å². The van der Waals surface area contributed by atoms with E-state index in [2.05, 4.69) is 30.9 Å². The van der Waals surface area contributed by atoms with Crippen LogP contribution in [0.5, 0.6) is 0 Å². The summed E-state index contributed by atoms with van der Waals surface area (Å²) in [4.78, 5) is 97.5. The van der Waals surface area contributed by atoms with E-state index in [9.17, 15) is 28.8 Å². The molecule has 54 heavy (non-hydrogen) atoms. The minimum absolute atomic E-state index is 0.00844. The number of carbonyl (C=O) groups excluding carboxylic acids is 6. The molecule has 4 aromatic rings. The van der Waals surface area contributed by atoms with Crippen molar-refractivity contribution in [2.75, 3.05) is 40.3 Å². The summed E-state index contributed by atoms with van der Waals surface area (Å²) in [5.74, 6) is -2.89. The fourth-order valence-corrected chi connectivity index (χ4v) is 7.12. The second kappa shape index (κ2) is 17.5. The van der Waals surface area contributed by atoms with Crippen LogP contribution in [-0.2, 0) is 25.6 Å². The van der Waals surface area contributed by atoms with Crippen molar-refractivity contribution in [1.82, 2.24) is 45.6 Å². The normalized spacial score (nSPS) is 20.1. The van der Waals surface area contributed by atoms with Crippen molar-refractivity contribution in [3.8, 4) is 0 Å². The molecule has 16 heteroatoms. The molecule has 2 bridgehead atoms. The van der Waals surface area contributed by atoms with Crippen molar-refractivity contribution in [3.05, 3.63) is 81.7 Å². The van der Waals surface area contributed by atoms with Crippen LogP contribution in [0.1, 0.15) is 70.3 Å². The minimum atomic E-state index is -1.07. The number of H-pyrrole nitrogens is 1. The Morgan fingerprint density at radius 3 is 2.37 bits per heavy atom. The van der Waals surface area contributed by atoms with Gasteiger partial charge >= 0.3 is 0 Å². The van der Waals surface area contributed by atoms with Crippen molar-refractivity contribution in [1.29, 1.82) is 0 Å². The monoisotopic (exact) mass is 757 g/mol. The van der Waals surface area contributed by atoms with E-state index < -0.39 is 53.6 Å². The molecule has 3 aromatic heterocycles. The minimum Gasteiger partial charge on any atom is -0.361 e. The molecule has 0 spiro atoms. The largest absolute Gasteiger partial charge is 0.361 e. The van der Waals surface area contributed by atoms with Crippen LogP contribution in [0.25, 0.3) is 10.9 Å². The number of likely N-dealkylation sites (N-methyl/N-ethyl adjacent to an activating group) is 2. The lowest BCUT2D eigenvalue weighted by molar-refractivity contribution is -0.138. The molecule has 5 rings (SSSR count). The van der Waals surface area contributed by atoms with Gasteiger partial charge in [0, 0.05) is 68.0 Å². The lowest BCUT2D eigenvalue weighted by atomic mass is 10.0. The van der Waals surface area contributed by atoms with Crippen LogP contribution < -0.4 is 16.0 Å². The maximum atomic E-state index is 13.9. The third-order valence-electron chi connectivity index (χ3n) is 9.16. The Morgan fingerprint density at radius 2 is 1.65 bits per heavy atom. The number of carbonyl (C=O) groups is 6. The van der Waals surface area contributed by atoms with Crippen molar-refractivity contribution in [3.63, 3.8) is 0 Å². The zero-order valence-electron chi connectivity index (χ0n) is 31.3. The van der Waals surface area contributed by atoms with E-state index >= 15 is 0 Å². The zero-order valence-corrected chi connectivity index (χ0v) is 32.2. The first-order valence-corrected chi connectivity index (χ1v) is 18.7. The summed E-state index contributed by atoms with van der Waals surface area (Å²) >= 11 is 1.20. The van der Waals surface area contributed by atoms with E-state index in [1.54, 1.807) is 37.7 Å². The molecule has 0 saturated carbocycles. The number of aryl methyl sites for hydroxylation is 1. The number of thiazole rings is 1. The Hall–Kier alpha value is -5.64. The smallest absolute Gasteiger partial charge is 0.271 e. The number of aromatic amines is 1. The molecule has 4 heterocycles. The van der Waals surface area contributed by atoms with Crippen LogP contribution in [0, 0.1) is 12.8 Å². The summed E-state index contributed by atoms with van der Waals surface area (Å²) in [6.45, 7) is 6.69. The third kappa shape index (κ3) is 9.86. The van der Waals surface area contributed by atoms with E-state index in [1.807, 2.05) is 38.1 Å². The van der Waals surface area contributed by atoms with Gasteiger partial charge in [0.05, 0.1) is 24.7 Å². The van der Waals surface area contributed by atoms with Crippen LogP contribution in [-0.4, -0.2) is 117 Å². The zero-order chi connectivity index (χ0) is 39.1. The van der Waals surface area contributed by atoms with Crippen LogP contribution in [0.2, 0.25) is 0 Å². The quantitative estimate of drug-likeness (QED) is 0.239. The van der Waals surface area contributed by atoms with Gasteiger partial charge in [-0.3, -0.25) is 33.8 Å². The van der Waals surface area contributed by atoms with Crippen LogP contribution in [0.15, 0.2) is 54.2 Å². The molecule has 1 aromatic carbocycles. The molecule has 1 aliphatic heterocycles. The predicted molar refractivity (Wildman–Crippen MR) is 203 cm³/mol. The first-order chi connectivity index (χ1) is 25.7. The SMILES string of the molecule is Cc1ccc(C(=O)N2CCN(C)C(=O)[C@H](C)NC(=O)CN(C)C(=O)[C@@H](Cc3c[nH]c4ccccc34)NC(=O)c3csc(n3)[C@H](CC(C)C)NC(=O)C2)cn1. The number of nitrogens with zero attached hydrogens (tertiary/aromatic N) is 5. The molecule has 0 radical (unpaired) electrons. The van der Waals surface area contributed by atoms with Crippen molar-refractivity contribution >= 4 is 57.7 Å². The topological polar surface area (TPSA) is 190 Å². The first-order valence-electron chi connectivity index (χ1n) is 17.8. The average Bonchev–Trinajstić information content (AvgIpc) is 3.79. The molecular formula is C38H47N9O6S. The van der Waals surface area contributed by atoms with Gasteiger partial charge in [-0.1, -0.05) is 32.0 Å². The fourth-order valence-electron chi connectivity index (χ4n) is 6.26. The highest BCUT2D eigenvalue weighted by Gasteiger charge is 2.30. The van der Waals surface area contributed by atoms with Crippen molar-refractivity contribution < 1.29 is 28.8 Å². The van der Waals surface area contributed by atoms with Gasteiger partial charge in [0.25, 0.3) is 11.8 Å². The fraction of sp³-hybridized carbons (Fsp3) is 0.421.